The van der Waals surface area contributed by atoms with E-state index in [4.69, 9.17) is 10.5 Å². The molecule has 1 aromatic heterocycles. The summed E-state index contributed by atoms with van der Waals surface area (Å²) in [7, 11) is 0. The van der Waals surface area contributed by atoms with Gasteiger partial charge in [-0.3, -0.25) is 4.98 Å². The second-order valence-electron chi connectivity index (χ2n) is 4.38. The van der Waals surface area contributed by atoms with Crippen LogP contribution in [-0.4, -0.2) is 11.0 Å². The van der Waals surface area contributed by atoms with E-state index in [0.29, 0.717) is 16.9 Å². The van der Waals surface area contributed by atoms with Crippen molar-refractivity contribution >= 4 is 11.7 Å². The lowest BCUT2D eigenvalue weighted by Crippen LogP contribution is -2.12. The Morgan fingerprint density at radius 3 is 2.58 bits per heavy atom. The number of carbonyl (C=O) groups excluding carboxylic acids is 1. The minimum atomic E-state index is -0.439. The number of hydrogen-bond acceptors (Lipinski definition) is 4. The Labute approximate surface area is 112 Å². The zero-order valence-electron chi connectivity index (χ0n) is 11.0. The van der Waals surface area contributed by atoms with E-state index in [1.165, 1.54) is 0 Å². The third kappa shape index (κ3) is 3.10. The summed E-state index contributed by atoms with van der Waals surface area (Å²) in [6, 6.07) is 11.2. The fraction of sp³-hybridized carbons (Fsp3) is 0.200. The number of pyridine rings is 1. The lowest BCUT2D eigenvalue weighted by molar-refractivity contribution is 0.0472. The lowest BCUT2D eigenvalue weighted by Gasteiger charge is -2.10. The first-order valence-electron chi connectivity index (χ1n) is 6.02. The third-order valence-electron chi connectivity index (χ3n) is 2.78. The van der Waals surface area contributed by atoms with E-state index in [0.717, 1.165) is 11.3 Å². The van der Waals surface area contributed by atoms with Crippen LogP contribution in [0.2, 0.25) is 0 Å². The molecule has 0 atom stereocenters. The molecule has 0 saturated heterocycles. The van der Waals surface area contributed by atoms with Gasteiger partial charge in [-0.05, 0) is 25.5 Å². The molecule has 4 heteroatoms. The van der Waals surface area contributed by atoms with E-state index in [-0.39, 0.29) is 6.61 Å². The molecule has 2 rings (SSSR count). The van der Waals surface area contributed by atoms with Crippen LogP contribution in [0.15, 0.2) is 36.4 Å². The molecule has 1 heterocycles. The van der Waals surface area contributed by atoms with Crippen LogP contribution >= 0.6 is 0 Å². The molecular formula is C15H16N2O2. The van der Waals surface area contributed by atoms with E-state index >= 15 is 0 Å². The lowest BCUT2D eigenvalue weighted by atomic mass is 10.1. The van der Waals surface area contributed by atoms with Gasteiger partial charge in [0.15, 0.2) is 0 Å². The van der Waals surface area contributed by atoms with Crippen LogP contribution in [-0.2, 0) is 11.3 Å². The van der Waals surface area contributed by atoms with Crippen LogP contribution in [0.5, 0.6) is 0 Å². The Morgan fingerprint density at radius 1 is 1.26 bits per heavy atom. The Bertz CT molecular complexity index is 571. The molecule has 98 valence electrons. The van der Waals surface area contributed by atoms with Crippen molar-refractivity contribution in [3.05, 3.63) is 58.9 Å². The number of esters is 1. The first-order chi connectivity index (χ1) is 9.08. The van der Waals surface area contributed by atoms with Crippen LogP contribution in [0.4, 0.5) is 5.69 Å². The average molecular weight is 256 g/mol. The molecular weight excluding hydrogens is 240 g/mol. The van der Waals surface area contributed by atoms with E-state index in [1.807, 2.05) is 37.3 Å². The Hall–Kier alpha value is -2.36. The fourth-order valence-corrected chi connectivity index (χ4v) is 1.92. The van der Waals surface area contributed by atoms with Crippen molar-refractivity contribution < 1.29 is 9.53 Å². The second kappa shape index (κ2) is 5.52. The summed E-state index contributed by atoms with van der Waals surface area (Å²) in [6.07, 6.45) is 0. The number of anilines is 1. The van der Waals surface area contributed by atoms with E-state index in [9.17, 15) is 4.79 Å². The summed E-state index contributed by atoms with van der Waals surface area (Å²) < 4.78 is 5.26. The fourth-order valence-electron chi connectivity index (χ4n) is 1.92. The molecule has 0 bridgehead atoms. The molecule has 19 heavy (non-hydrogen) atoms. The largest absolute Gasteiger partial charge is 0.457 e. The van der Waals surface area contributed by atoms with Crippen molar-refractivity contribution in [1.29, 1.82) is 0 Å². The maximum absolute atomic E-state index is 12.0. The highest BCUT2D eigenvalue weighted by Gasteiger charge is 2.16. The predicted molar refractivity (Wildman–Crippen MR) is 73.7 cm³/mol. The van der Waals surface area contributed by atoms with Gasteiger partial charge in [0.1, 0.15) is 12.2 Å². The predicted octanol–water partition coefficient (Wildman–Crippen LogP) is 2.64. The van der Waals surface area contributed by atoms with Crippen molar-refractivity contribution in [3.63, 3.8) is 0 Å². The van der Waals surface area contributed by atoms with Crippen molar-refractivity contribution in [3.8, 4) is 0 Å². The highest BCUT2D eigenvalue weighted by Crippen LogP contribution is 2.18. The number of aryl methyl sites for hydroxylation is 2. The van der Waals surface area contributed by atoms with Crippen LogP contribution < -0.4 is 5.73 Å². The van der Waals surface area contributed by atoms with Gasteiger partial charge in [0, 0.05) is 11.4 Å². The van der Waals surface area contributed by atoms with Gasteiger partial charge in [0.2, 0.25) is 0 Å². The maximum atomic E-state index is 12.0. The zero-order chi connectivity index (χ0) is 13.8. The number of rotatable bonds is 3. The molecule has 0 aliphatic rings. The second-order valence-corrected chi connectivity index (χ2v) is 4.38. The number of carbonyl (C=O) groups is 1. The number of nitrogens with zero attached hydrogens (tertiary/aromatic N) is 1. The molecule has 0 amide bonds. The van der Waals surface area contributed by atoms with Crippen LogP contribution in [0.1, 0.15) is 27.3 Å². The smallest absolute Gasteiger partial charge is 0.342 e. The van der Waals surface area contributed by atoms with Crippen LogP contribution in [0, 0.1) is 13.8 Å². The van der Waals surface area contributed by atoms with Gasteiger partial charge in [0.25, 0.3) is 0 Å². The number of nitrogens with two attached hydrogens (primary N) is 1. The van der Waals surface area contributed by atoms with Gasteiger partial charge in [-0.15, -0.1) is 0 Å². The molecule has 0 aliphatic heterocycles. The van der Waals surface area contributed by atoms with Crippen LogP contribution in [0.3, 0.4) is 0 Å². The van der Waals surface area contributed by atoms with Crippen LogP contribution in [0.25, 0.3) is 0 Å². The third-order valence-corrected chi connectivity index (χ3v) is 2.78. The average Bonchev–Trinajstić information content (AvgIpc) is 2.36. The topological polar surface area (TPSA) is 65.2 Å². The Kier molecular flexibility index (Phi) is 3.80. The SMILES string of the molecule is Cc1cc(N)c(C(=O)OCc2ccccc2)c(C)n1. The van der Waals surface area contributed by atoms with E-state index in [2.05, 4.69) is 4.98 Å². The highest BCUT2D eigenvalue weighted by molar-refractivity contribution is 5.96. The Morgan fingerprint density at radius 2 is 1.95 bits per heavy atom. The van der Waals surface area contributed by atoms with Gasteiger partial charge < -0.3 is 10.5 Å². The molecule has 2 N–H and O–H groups in total. The quantitative estimate of drug-likeness (QED) is 0.857. The molecule has 1 aromatic carbocycles. The number of nitrogen functional groups attached to an aromatic ring is 1. The number of hydrogen-bond donors (Lipinski definition) is 1. The number of ether oxygens (including phenoxy) is 1. The van der Waals surface area contributed by atoms with Crippen molar-refractivity contribution in [2.24, 2.45) is 0 Å². The molecule has 4 nitrogen and oxygen atoms in total. The first-order valence-corrected chi connectivity index (χ1v) is 6.02. The zero-order valence-corrected chi connectivity index (χ0v) is 11.0. The minimum Gasteiger partial charge on any atom is -0.457 e. The number of aromatic nitrogens is 1. The van der Waals surface area contributed by atoms with Crippen molar-refractivity contribution in [2.75, 3.05) is 5.73 Å². The standard InChI is InChI=1S/C15H16N2O2/c1-10-8-13(16)14(11(2)17-10)15(18)19-9-12-6-4-3-5-7-12/h3-8H,9H2,1-2H3,(H2,16,17). The van der Waals surface area contributed by atoms with Crippen molar-refractivity contribution in [1.82, 2.24) is 4.98 Å². The summed E-state index contributed by atoms with van der Waals surface area (Å²) in [4.78, 5) is 16.3. The van der Waals surface area contributed by atoms with Gasteiger partial charge in [-0.1, -0.05) is 30.3 Å². The summed E-state index contributed by atoms with van der Waals surface area (Å²) in [6.45, 7) is 3.82. The van der Waals surface area contributed by atoms with Gasteiger partial charge in [-0.2, -0.15) is 0 Å². The molecule has 0 unspecified atom stereocenters. The maximum Gasteiger partial charge on any atom is 0.342 e. The molecule has 2 aromatic rings. The van der Waals surface area contributed by atoms with E-state index in [1.54, 1.807) is 13.0 Å². The molecule has 0 spiro atoms. The van der Waals surface area contributed by atoms with Gasteiger partial charge in [0.05, 0.1) is 5.69 Å². The molecule has 0 fully saturated rings. The van der Waals surface area contributed by atoms with Crippen molar-refractivity contribution in [2.45, 2.75) is 20.5 Å². The summed E-state index contributed by atoms with van der Waals surface area (Å²) >= 11 is 0. The normalized spacial score (nSPS) is 10.2. The summed E-state index contributed by atoms with van der Waals surface area (Å²) in [5.74, 6) is -0.439. The van der Waals surface area contributed by atoms with Gasteiger partial charge in [-0.25, -0.2) is 4.79 Å². The Balaban J connectivity index is 2.13. The minimum absolute atomic E-state index is 0.229. The summed E-state index contributed by atoms with van der Waals surface area (Å²) in [5, 5.41) is 0. The van der Waals surface area contributed by atoms with E-state index < -0.39 is 5.97 Å². The molecule has 0 aliphatic carbocycles. The molecule has 0 radical (unpaired) electrons. The number of benzene rings is 1. The van der Waals surface area contributed by atoms with Gasteiger partial charge >= 0.3 is 5.97 Å². The first kappa shape index (κ1) is 13.1. The monoisotopic (exact) mass is 256 g/mol. The molecule has 0 saturated carbocycles. The summed E-state index contributed by atoms with van der Waals surface area (Å²) in [5.41, 5.74) is 8.92. The highest BCUT2D eigenvalue weighted by atomic mass is 16.5.